The molecule has 0 aromatic heterocycles. The van der Waals surface area contributed by atoms with Gasteiger partial charge in [0.05, 0.1) is 0 Å². The van der Waals surface area contributed by atoms with Gasteiger partial charge in [-0.15, -0.1) is 0 Å². The Balaban J connectivity index is 1.71. The molecule has 2 aromatic carbocycles. The zero-order valence-electron chi connectivity index (χ0n) is 14.8. The fourth-order valence-electron chi connectivity index (χ4n) is 3.86. The highest BCUT2D eigenvalue weighted by atomic mass is 19.2. The summed E-state index contributed by atoms with van der Waals surface area (Å²) in [5.74, 6) is -1.66. The zero-order chi connectivity index (χ0) is 17.8. The van der Waals surface area contributed by atoms with Crippen LogP contribution in [0.5, 0.6) is 0 Å². The highest BCUT2D eigenvalue weighted by molar-refractivity contribution is 5.36. The van der Waals surface area contributed by atoms with Crippen LogP contribution in [-0.4, -0.2) is 0 Å². The number of aryl methyl sites for hydroxylation is 1. The molecule has 0 aliphatic heterocycles. The number of benzene rings is 2. The molecule has 25 heavy (non-hydrogen) atoms. The normalized spacial score (nSPS) is 16.7. The Labute approximate surface area is 148 Å². The molecule has 1 aliphatic rings. The topological polar surface area (TPSA) is 0 Å². The lowest BCUT2D eigenvalue weighted by molar-refractivity contribution is 0.472. The predicted molar refractivity (Wildman–Crippen MR) is 95.4 cm³/mol. The maximum atomic E-state index is 14.6. The lowest BCUT2D eigenvalue weighted by Crippen LogP contribution is -2.16. The molecule has 0 spiro atoms. The first kappa shape index (κ1) is 18.0. The summed E-state index contributed by atoms with van der Waals surface area (Å²) in [6.45, 7) is 2.18. The van der Waals surface area contributed by atoms with Gasteiger partial charge in [0.2, 0.25) is 0 Å². The third-order valence-electron chi connectivity index (χ3n) is 5.33. The fourth-order valence-corrected chi connectivity index (χ4v) is 3.86. The maximum Gasteiger partial charge on any atom is 0.162 e. The van der Waals surface area contributed by atoms with Gasteiger partial charge in [-0.05, 0) is 72.4 Å². The number of hydrogen-bond donors (Lipinski definition) is 0. The zero-order valence-corrected chi connectivity index (χ0v) is 14.8. The Hall–Kier alpha value is -1.77. The SMILES string of the molecule is CCCCCCc1ccc(C2CCc3c(ccc(F)c3F)C2)c(F)c1. The minimum Gasteiger partial charge on any atom is -0.207 e. The van der Waals surface area contributed by atoms with Crippen LogP contribution in [0.2, 0.25) is 0 Å². The van der Waals surface area contributed by atoms with Crippen LogP contribution in [0.25, 0.3) is 0 Å². The molecule has 0 heterocycles. The van der Waals surface area contributed by atoms with Crippen molar-refractivity contribution in [3.05, 3.63) is 70.0 Å². The van der Waals surface area contributed by atoms with E-state index in [1.165, 1.54) is 25.3 Å². The van der Waals surface area contributed by atoms with Gasteiger partial charge in [0, 0.05) is 0 Å². The largest absolute Gasteiger partial charge is 0.207 e. The van der Waals surface area contributed by atoms with Gasteiger partial charge in [0.15, 0.2) is 11.6 Å². The molecule has 0 bridgehead atoms. The Morgan fingerprint density at radius 3 is 2.56 bits per heavy atom. The monoisotopic (exact) mass is 346 g/mol. The molecule has 3 rings (SSSR count). The molecular weight excluding hydrogens is 321 g/mol. The summed E-state index contributed by atoms with van der Waals surface area (Å²) in [5, 5.41) is 0. The molecule has 0 fully saturated rings. The van der Waals surface area contributed by atoms with Gasteiger partial charge in [-0.1, -0.05) is 44.4 Å². The first-order valence-electron chi connectivity index (χ1n) is 9.34. The standard InChI is InChI=1S/C22H25F3/c1-2-3-4-5-6-15-7-10-18(21(24)13-15)16-8-11-19-17(14-16)9-12-20(23)22(19)25/h7,9-10,12-13,16H,2-6,8,11,14H2,1H3. The van der Waals surface area contributed by atoms with Gasteiger partial charge in [-0.2, -0.15) is 0 Å². The van der Waals surface area contributed by atoms with Crippen molar-refractivity contribution in [2.45, 2.75) is 64.2 Å². The summed E-state index contributed by atoms with van der Waals surface area (Å²) in [4.78, 5) is 0. The van der Waals surface area contributed by atoms with Crippen LogP contribution in [0.4, 0.5) is 13.2 Å². The van der Waals surface area contributed by atoms with Crippen molar-refractivity contribution < 1.29 is 13.2 Å². The first-order chi connectivity index (χ1) is 12.1. The van der Waals surface area contributed by atoms with Crippen LogP contribution < -0.4 is 0 Å². The average molecular weight is 346 g/mol. The smallest absolute Gasteiger partial charge is 0.162 e. The van der Waals surface area contributed by atoms with E-state index in [1.807, 2.05) is 12.1 Å². The second-order valence-corrected chi connectivity index (χ2v) is 7.11. The highest BCUT2D eigenvalue weighted by Gasteiger charge is 2.25. The summed E-state index contributed by atoms with van der Waals surface area (Å²) in [6.07, 6.45) is 7.28. The van der Waals surface area contributed by atoms with Crippen molar-refractivity contribution >= 4 is 0 Å². The van der Waals surface area contributed by atoms with Crippen LogP contribution in [0.3, 0.4) is 0 Å². The summed E-state index contributed by atoms with van der Waals surface area (Å²) in [7, 11) is 0. The molecule has 1 atom stereocenters. The van der Waals surface area contributed by atoms with E-state index in [9.17, 15) is 13.2 Å². The molecule has 2 aromatic rings. The fraction of sp³-hybridized carbons (Fsp3) is 0.455. The van der Waals surface area contributed by atoms with Gasteiger partial charge >= 0.3 is 0 Å². The Bertz CT molecular complexity index is 736. The van der Waals surface area contributed by atoms with Crippen LogP contribution in [0, 0.1) is 17.5 Å². The number of fused-ring (bicyclic) bond motifs is 1. The Kier molecular flexibility index (Phi) is 5.82. The number of halogens is 3. The molecular formula is C22H25F3. The molecule has 1 unspecified atom stereocenters. The minimum atomic E-state index is -0.796. The summed E-state index contributed by atoms with van der Waals surface area (Å²) in [5.41, 5.74) is 3.01. The van der Waals surface area contributed by atoms with Gasteiger partial charge < -0.3 is 0 Å². The van der Waals surface area contributed by atoms with E-state index in [2.05, 4.69) is 6.92 Å². The Morgan fingerprint density at radius 2 is 1.80 bits per heavy atom. The van der Waals surface area contributed by atoms with Crippen molar-refractivity contribution in [2.75, 3.05) is 0 Å². The van der Waals surface area contributed by atoms with Gasteiger partial charge in [-0.3, -0.25) is 0 Å². The lowest BCUT2D eigenvalue weighted by Gasteiger charge is -2.26. The van der Waals surface area contributed by atoms with Crippen LogP contribution in [-0.2, 0) is 19.3 Å². The van der Waals surface area contributed by atoms with E-state index < -0.39 is 11.6 Å². The summed E-state index contributed by atoms with van der Waals surface area (Å²) >= 11 is 0. The number of rotatable bonds is 6. The molecule has 0 N–H and O–H groups in total. The van der Waals surface area contributed by atoms with Crippen molar-refractivity contribution in [3.63, 3.8) is 0 Å². The maximum absolute atomic E-state index is 14.6. The third kappa shape index (κ3) is 4.08. The van der Waals surface area contributed by atoms with Crippen molar-refractivity contribution in [1.82, 2.24) is 0 Å². The van der Waals surface area contributed by atoms with Crippen LogP contribution in [0.15, 0.2) is 30.3 Å². The third-order valence-corrected chi connectivity index (χ3v) is 5.33. The van der Waals surface area contributed by atoms with Gasteiger partial charge in [0.1, 0.15) is 5.82 Å². The molecule has 1 aliphatic carbocycles. The van der Waals surface area contributed by atoms with Gasteiger partial charge in [-0.25, -0.2) is 13.2 Å². The summed E-state index contributed by atoms with van der Waals surface area (Å²) < 4.78 is 41.8. The molecule has 0 saturated heterocycles. The lowest BCUT2D eigenvalue weighted by atomic mass is 9.79. The molecule has 3 heteroatoms. The quantitative estimate of drug-likeness (QED) is 0.524. The molecule has 0 nitrogen and oxygen atoms in total. The second-order valence-electron chi connectivity index (χ2n) is 7.11. The van der Waals surface area contributed by atoms with Crippen LogP contribution >= 0.6 is 0 Å². The highest BCUT2D eigenvalue weighted by Crippen LogP contribution is 2.35. The molecule has 134 valence electrons. The number of unbranched alkanes of at least 4 members (excludes halogenated alkanes) is 3. The Morgan fingerprint density at radius 1 is 0.960 bits per heavy atom. The van der Waals surface area contributed by atoms with E-state index >= 15 is 0 Å². The minimum absolute atomic E-state index is 0.0338. The average Bonchev–Trinajstić information content (AvgIpc) is 2.62. The number of hydrogen-bond acceptors (Lipinski definition) is 0. The van der Waals surface area contributed by atoms with Crippen molar-refractivity contribution in [1.29, 1.82) is 0 Å². The second kappa shape index (κ2) is 8.07. The first-order valence-corrected chi connectivity index (χ1v) is 9.34. The molecule has 0 saturated carbocycles. The van der Waals surface area contributed by atoms with Crippen molar-refractivity contribution in [3.8, 4) is 0 Å². The summed E-state index contributed by atoms with van der Waals surface area (Å²) in [6, 6.07) is 8.37. The van der Waals surface area contributed by atoms with E-state index in [0.29, 0.717) is 30.4 Å². The molecule has 0 radical (unpaired) electrons. The van der Waals surface area contributed by atoms with E-state index in [1.54, 1.807) is 12.1 Å². The van der Waals surface area contributed by atoms with Gasteiger partial charge in [0.25, 0.3) is 0 Å². The van der Waals surface area contributed by atoms with Crippen molar-refractivity contribution in [2.24, 2.45) is 0 Å². The molecule has 0 amide bonds. The van der Waals surface area contributed by atoms with E-state index in [0.717, 1.165) is 24.0 Å². The van der Waals surface area contributed by atoms with E-state index in [4.69, 9.17) is 0 Å². The van der Waals surface area contributed by atoms with E-state index in [-0.39, 0.29) is 11.7 Å². The predicted octanol–water partition coefficient (Wildman–Crippen LogP) is 6.50. The van der Waals surface area contributed by atoms with Crippen LogP contribution in [0.1, 0.15) is 67.2 Å².